The number of aryl methyl sites for hydroxylation is 1. The monoisotopic (exact) mass is 251 g/mol. The number of piperidine rings is 1. The van der Waals surface area contributed by atoms with Crippen molar-refractivity contribution in [2.24, 2.45) is 0 Å². The van der Waals surface area contributed by atoms with Crippen LogP contribution in [0.4, 0.5) is 0 Å². The lowest BCUT2D eigenvalue weighted by atomic mass is 10.0. The van der Waals surface area contributed by atoms with Crippen molar-refractivity contribution in [3.8, 4) is 0 Å². The molecular weight excluding hydrogens is 234 g/mol. The predicted molar refractivity (Wildman–Crippen MR) is 64.4 cm³/mol. The highest BCUT2D eigenvalue weighted by Gasteiger charge is 2.33. The minimum atomic E-state index is -0.940. The Kier molecular flexibility index (Phi) is 3.69. The first-order chi connectivity index (χ1) is 8.63. The van der Waals surface area contributed by atoms with E-state index in [2.05, 4.69) is 0 Å². The molecule has 0 radical (unpaired) electrons. The van der Waals surface area contributed by atoms with Gasteiger partial charge in [-0.3, -0.25) is 4.79 Å². The summed E-state index contributed by atoms with van der Waals surface area (Å²) in [6.07, 6.45) is 2.92. The van der Waals surface area contributed by atoms with E-state index >= 15 is 0 Å². The second-order valence-corrected chi connectivity index (χ2v) is 4.47. The molecule has 2 heterocycles. The number of aliphatic carboxylic acids is 1. The quantitative estimate of drug-likeness (QED) is 0.891. The van der Waals surface area contributed by atoms with Gasteiger partial charge in [0.1, 0.15) is 11.8 Å². The Labute approximate surface area is 105 Å². The van der Waals surface area contributed by atoms with E-state index in [1.54, 1.807) is 12.1 Å². The Bertz CT molecular complexity index is 452. The van der Waals surface area contributed by atoms with Crippen LogP contribution in [-0.4, -0.2) is 34.5 Å². The van der Waals surface area contributed by atoms with Gasteiger partial charge in [0.15, 0.2) is 5.76 Å². The van der Waals surface area contributed by atoms with Crippen LogP contribution >= 0.6 is 0 Å². The number of hydrogen-bond donors (Lipinski definition) is 1. The Hall–Kier alpha value is -1.78. The van der Waals surface area contributed by atoms with Crippen LogP contribution < -0.4 is 0 Å². The third-order valence-corrected chi connectivity index (χ3v) is 3.27. The Morgan fingerprint density at radius 1 is 1.44 bits per heavy atom. The van der Waals surface area contributed by atoms with E-state index < -0.39 is 12.0 Å². The maximum absolute atomic E-state index is 12.2. The molecule has 1 aliphatic heterocycles. The van der Waals surface area contributed by atoms with Crippen LogP contribution in [0.1, 0.15) is 42.5 Å². The van der Waals surface area contributed by atoms with E-state index in [0.717, 1.165) is 25.0 Å². The first-order valence-electron chi connectivity index (χ1n) is 6.26. The van der Waals surface area contributed by atoms with Crippen molar-refractivity contribution in [3.63, 3.8) is 0 Å². The van der Waals surface area contributed by atoms with Gasteiger partial charge in [0.25, 0.3) is 5.91 Å². The molecule has 1 aromatic heterocycles. The number of hydrogen-bond acceptors (Lipinski definition) is 3. The van der Waals surface area contributed by atoms with Gasteiger partial charge in [-0.25, -0.2) is 4.79 Å². The molecule has 1 N–H and O–H groups in total. The van der Waals surface area contributed by atoms with Gasteiger partial charge in [0.2, 0.25) is 0 Å². The van der Waals surface area contributed by atoms with Crippen LogP contribution in [0.2, 0.25) is 0 Å². The summed E-state index contributed by atoms with van der Waals surface area (Å²) >= 11 is 0. The number of likely N-dealkylation sites (tertiary alicyclic amines) is 1. The minimum absolute atomic E-state index is 0.236. The van der Waals surface area contributed by atoms with Gasteiger partial charge in [-0.05, 0) is 31.4 Å². The predicted octanol–water partition coefficient (Wildman–Crippen LogP) is 1.92. The number of carboxylic acids is 1. The highest BCUT2D eigenvalue weighted by molar-refractivity contribution is 5.94. The molecule has 0 aromatic carbocycles. The van der Waals surface area contributed by atoms with Crippen molar-refractivity contribution in [1.82, 2.24) is 4.90 Å². The first kappa shape index (κ1) is 12.7. The number of carbonyl (C=O) groups is 2. The summed E-state index contributed by atoms with van der Waals surface area (Å²) in [6.45, 7) is 2.42. The number of amides is 1. The topological polar surface area (TPSA) is 70.8 Å². The van der Waals surface area contributed by atoms with Crippen LogP contribution in [-0.2, 0) is 11.2 Å². The maximum Gasteiger partial charge on any atom is 0.326 e. The fourth-order valence-corrected chi connectivity index (χ4v) is 2.26. The lowest BCUT2D eigenvalue weighted by Crippen LogP contribution is -2.47. The normalized spacial score (nSPS) is 19.8. The molecule has 0 bridgehead atoms. The highest BCUT2D eigenvalue weighted by Crippen LogP contribution is 2.21. The highest BCUT2D eigenvalue weighted by atomic mass is 16.4. The third kappa shape index (κ3) is 2.39. The molecule has 2 rings (SSSR count). The van der Waals surface area contributed by atoms with Crippen LogP contribution in [0.5, 0.6) is 0 Å². The van der Waals surface area contributed by atoms with Gasteiger partial charge in [-0.2, -0.15) is 0 Å². The molecule has 1 amide bonds. The van der Waals surface area contributed by atoms with Gasteiger partial charge in [0.05, 0.1) is 0 Å². The van der Waals surface area contributed by atoms with Gasteiger partial charge in [0, 0.05) is 13.0 Å². The zero-order valence-corrected chi connectivity index (χ0v) is 10.4. The molecule has 5 heteroatoms. The maximum atomic E-state index is 12.2. The molecule has 1 aromatic rings. The van der Waals surface area contributed by atoms with E-state index in [4.69, 9.17) is 9.52 Å². The molecular formula is C13H17NO4. The molecule has 98 valence electrons. The van der Waals surface area contributed by atoms with Gasteiger partial charge in [-0.15, -0.1) is 0 Å². The fourth-order valence-electron chi connectivity index (χ4n) is 2.26. The summed E-state index contributed by atoms with van der Waals surface area (Å²) in [5.41, 5.74) is 0. The van der Waals surface area contributed by atoms with Crippen LogP contribution in [0.25, 0.3) is 0 Å². The zero-order valence-electron chi connectivity index (χ0n) is 10.4. The molecule has 0 spiro atoms. The number of carboxylic acid groups (broad SMARTS) is 1. The molecule has 0 aliphatic carbocycles. The lowest BCUT2D eigenvalue weighted by molar-refractivity contribution is -0.143. The average Bonchev–Trinajstić information content (AvgIpc) is 2.86. The van der Waals surface area contributed by atoms with Crippen molar-refractivity contribution in [3.05, 3.63) is 23.7 Å². The molecule has 5 nitrogen and oxygen atoms in total. The zero-order chi connectivity index (χ0) is 13.1. The van der Waals surface area contributed by atoms with Gasteiger partial charge >= 0.3 is 5.97 Å². The van der Waals surface area contributed by atoms with Crippen LogP contribution in [0.15, 0.2) is 16.5 Å². The summed E-state index contributed by atoms with van der Waals surface area (Å²) in [5, 5.41) is 9.13. The van der Waals surface area contributed by atoms with Gasteiger partial charge < -0.3 is 14.4 Å². The van der Waals surface area contributed by atoms with Crippen molar-refractivity contribution in [2.75, 3.05) is 6.54 Å². The summed E-state index contributed by atoms with van der Waals surface area (Å²) < 4.78 is 5.39. The summed E-state index contributed by atoms with van der Waals surface area (Å²) in [6, 6.07) is 2.66. The van der Waals surface area contributed by atoms with Crippen molar-refractivity contribution < 1.29 is 19.1 Å². The fraction of sp³-hybridized carbons (Fsp3) is 0.538. The molecule has 1 atom stereocenters. The largest absolute Gasteiger partial charge is 0.480 e. The third-order valence-electron chi connectivity index (χ3n) is 3.27. The van der Waals surface area contributed by atoms with Crippen molar-refractivity contribution in [2.45, 2.75) is 38.6 Å². The number of carbonyl (C=O) groups excluding carboxylic acids is 1. The summed E-state index contributed by atoms with van der Waals surface area (Å²) in [5.74, 6) is -0.283. The van der Waals surface area contributed by atoms with E-state index in [0.29, 0.717) is 13.0 Å². The van der Waals surface area contributed by atoms with Crippen molar-refractivity contribution >= 4 is 11.9 Å². The minimum Gasteiger partial charge on any atom is -0.480 e. The van der Waals surface area contributed by atoms with Crippen molar-refractivity contribution in [1.29, 1.82) is 0 Å². The standard InChI is InChI=1S/C13H17NO4/c1-2-9-6-7-11(18-9)12(15)14-8-4-3-5-10(14)13(16)17/h6-7,10H,2-5,8H2,1H3,(H,16,17)/t10-/m1/s1. The Balaban J connectivity index is 2.17. The summed E-state index contributed by atoms with van der Waals surface area (Å²) in [7, 11) is 0. The number of rotatable bonds is 3. The first-order valence-corrected chi connectivity index (χ1v) is 6.26. The Morgan fingerprint density at radius 3 is 2.83 bits per heavy atom. The second-order valence-electron chi connectivity index (χ2n) is 4.47. The molecule has 1 fully saturated rings. The molecule has 1 aliphatic rings. The number of nitrogens with zero attached hydrogens (tertiary/aromatic N) is 1. The van der Waals surface area contributed by atoms with Crippen LogP contribution in [0, 0.1) is 0 Å². The van der Waals surface area contributed by atoms with Gasteiger partial charge in [-0.1, -0.05) is 6.92 Å². The van der Waals surface area contributed by atoms with E-state index in [9.17, 15) is 9.59 Å². The molecule has 0 unspecified atom stereocenters. The Morgan fingerprint density at radius 2 is 2.22 bits per heavy atom. The molecule has 18 heavy (non-hydrogen) atoms. The number of furan rings is 1. The summed E-state index contributed by atoms with van der Waals surface area (Å²) in [4.78, 5) is 24.8. The smallest absolute Gasteiger partial charge is 0.326 e. The SMILES string of the molecule is CCc1ccc(C(=O)N2CCCC[C@@H]2C(=O)O)o1. The van der Waals surface area contributed by atoms with E-state index in [1.807, 2.05) is 6.92 Å². The average molecular weight is 251 g/mol. The second kappa shape index (κ2) is 5.25. The molecule has 1 saturated heterocycles. The molecule has 0 saturated carbocycles. The van der Waals surface area contributed by atoms with E-state index in [1.165, 1.54) is 4.90 Å². The van der Waals surface area contributed by atoms with E-state index in [-0.39, 0.29) is 11.7 Å². The lowest BCUT2D eigenvalue weighted by Gasteiger charge is -2.32. The van der Waals surface area contributed by atoms with Crippen LogP contribution in [0.3, 0.4) is 0 Å².